The molecule has 0 atom stereocenters. The molecule has 0 radical (unpaired) electrons. The molecule has 1 aliphatic heterocycles. The van der Waals surface area contributed by atoms with Crippen LogP contribution in [0.1, 0.15) is 12.0 Å². The second-order valence-corrected chi connectivity index (χ2v) is 7.09. The van der Waals surface area contributed by atoms with E-state index in [-0.39, 0.29) is 23.8 Å². The fraction of sp³-hybridized carbons (Fsp3) is 0.381. The van der Waals surface area contributed by atoms with Crippen molar-refractivity contribution in [1.82, 2.24) is 14.4 Å². The standard InChI is InChI=1S/C21H26N4O3/c1-23-12-14-25(15-13-23)21(28)16-17-5-7-18(8-6-17)22-19(26)9-11-24-10-3-2-4-20(24)27/h2-8,10H,9,11-16H2,1H3,(H,22,26). The molecule has 0 saturated carbocycles. The number of amides is 2. The predicted molar refractivity (Wildman–Crippen MR) is 108 cm³/mol. The number of benzene rings is 1. The molecule has 0 aliphatic carbocycles. The highest BCUT2D eigenvalue weighted by atomic mass is 16.2. The van der Waals surface area contributed by atoms with Crippen LogP contribution in [0.3, 0.4) is 0 Å². The lowest BCUT2D eigenvalue weighted by atomic mass is 10.1. The summed E-state index contributed by atoms with van der Waals surface area (Å²) in [6.45, 7) is 3.70. The summed E-state index contributed by atoms with van der Waals surface area (Å²) in [5.74, 6) is -0.0183. The number of aromatic nitrogens is 1. The molecule has 7 heteroatoms. The Kier molecular flexibility index (Phi) is 6.60. The molecule has 28 heavy (non-hydrogen) atoms. The Bertz CT molecular complexity index is 868. The quantitative estimate of drug-likeness (QED) is 0.815. The molecule has 148 valence electrons. The topological polar surface area (TPSA) is 74.7 Å². The highest BCUT2D eigenvalue weighted by Gasteiger charge is 2.19. The Morgan fingerprint density at radius 2 is 1.71 bits per heavy atom. The number of carbonyl (C=O) groups is 2. The molecule has 0 spiro atoms. The van der Waals surface area contributed by atoms with Crippen LogP contribution in [0.25, 0.3) is 0 Å². The van der Waals surface area contributed by atoms with Crippen molar-refractivity contribution in [2.75, 3.05) is 38.5 Å². The minimum absolute atomic E-state index is 0.121. The van der Waals surface area contributed by atoms with Crippen molar-refractivity contribution in [3.05, 3.63) is 64.6 Å². The van der Waals surface area contributed by atoms with Crippen molar-refractivity contribution < 1.29 is 9.59 Å². The van der Waals surface area contributed by atoms with E-state index in [9.17, 15) is 14.4 Å². The van der Waals surface area contributed by atoms with Gasteiger partial charge in [-0.15, -0.1) is 0 Å². The van der Waals surface area contributed by atoms with E-state index in [4.69, 9.17) is 0 Å². The molecule has 7 nitrogen and oxygen atoms in total. The number of nitrogens with one attached hydrogen (secondary N) is 1. The van der Waals surface area contributed by atoms with E-state index in [1.165, 1.54) is 10.6 Å². The van der Waals surface area contributed by atoms with Gasteiger partial charge in [-0.3, -0.25) is 14.4 Å². The van der Waals surface area contributed by atoms with Crippen molar-refractivity contribution >= 4 is 17.5 Å². The molecule has 1 fully saturated rings. The number of nitrogens with zero attached hydrogens (tertiary/aromatic N) is 3. The highest BCUT2D eigenvalue weighted by Crippen LogP contribution is 2.12. The molecule has 1 aromatic carbocycles. The Balaban J connectivity index is 1.47. The average Bonchev–Trinajstić information content (AvgIpc) is 2.69. The van der Waals surface area contributed by atoms with E-state index in [2.05, 4.69) is 17.3 Å². The van der Waals surface area contributed by atoms with Gasteiger partial charge in [-0.2, -0.15) is 0 Å². The molecule has 1 saturated heterocycles. The summed E-state index contributed by atoms with van der Waals surface area (Å²) >= 11 is 0. The number of rotatable bonds is 6. The van der Waals surface area contributed by atoms with Crippen LogP contribution in [0.4, 0.5) is 5.69 Å². The molecule has 3 rings (SSSR count). The number of pyridine rings is 1. The maximum absolute atomic E-state index is 12.4. The van der Waals surface area contributed by atoms with E-state index >= 15 is 0 Å². The van der Waals surface area contributed by atoms with Crippen LogP contribution in [0.2, 0.25) is 0 Å². The first-order chi connectivity index (χ1) is 13.5. The average molecular weight is 382 g/mol. The molecule has 1 aliphatic rings. The normalized spacial score (nSPS) is 14.7. The molecule has 1 N–H and O–H groups in total. The van der Waals surface area contributed by atoms with Crippen molar-refractivity contribution in [2.45, 2.75) is 19.4 Å². The molecular formula is C21H26N4O3. The molecule has 0 bridgehead atoms. The lowest BCUT2D eigenvalue weighted by molar-refractivity contribution is -0.132. The number of likely N-dealkylation sites (N-methyl/N-ethyl adjacent to an activating group) is 1. The van der Waals surface area contributed by atoms with Gasteiger partial charge in [0.2, 0.25) is 11.8 Å². The van der Waals surface area contributed by atoms with Gasteiger partial charge in [0.15, 0.2) is 0 Å². The van der Waals surface area contributed by atoms with Gasteiger partial charge in [0.1, 0.15) is 0 Å². The monoisotopic (exact) mass is 382 g/mol. The minimum atomic E-state index is -0.156. The largest absolute Gasteiger partial charge is 0.340 e. The van der Waals surface area contributed by atoms with E-state index in [1.807, 2.05) is 17.0 Å². The van der Waals surface area contributed by atoms with Gasteiger partial charge in [0, 0.05) is 57.1 Å². The SMILES string of the molecule is CN1CCN(C(=O)Cc2ccc(NC(=O)CCn3ccccc3=O)cc2)CC1. The number of anilines is 1. The molecular weight excluding hydrogens is 356 g/mol. The van der Waals surface area contributed by atoms with Gasteiger partial charge in [-0.05, 0) is 30.8 Å². The molecule has 0 unspecified atom stereocenters. The summed E-state index contributed by atoms with van der Waals surface area (Å²) in [7, 11) is 2.06. The summed E-state index contributed by atoms with van der Waals surface area (Å²) in [4.78, 5) is 40.3. The third-order valence-corrected chi connectivity index (χ3v) is 4.93. The van der Waals surface area contributed by atoms with Crippen LogP contribution in [0.5, 0.6) is 0 Å². The van der Waals surface area contributed by atoms with E-state index in [0.717, 1.165) is 31.7 Å². The third kappa shape index (κ3) is 5.53. The zero-order valence-corrected chi connectivity index (χ0v) is 16.1. The Labute approximate surface area is 164 Å². The molecule has 2 amide bonds. The predicted octanol–water partition coefficient (Wildman–Crippen LogP) is 1.19. The highest BCUT2D eigenvalue weighted by molar-refractivity contribution is 5.90. The fourth-order valence-corrected chi connectivity index (χ4v) is 3.14. The van der Waals surface area contributed by atoms with Gasteiger partial charge in [-0.1, -0.05) is 18.2 Å². The third-order valence-electron chi connectivity index (χ3n) is 4.93. The number of aryl methyl sites for hydroxylation is 1. The summed E-state index contributed by atoms with van der Waals surface area (Å²) in [6, 6.07) is 12.3. The summed E-state index contributed by atoms with van der Waals surface area (Å²) in [5, 5.41) is 2.83. The summed E-state index contributed by atoms with van der Waals surface area (Å²) in [6.07, 6.45) is 2.25. The Morgan fingerprint density at radius 1 is 1.00 bits per heavy atom. The van der Waals surface area contributed by atoms with Crippen LogP contribution >= 0.6 is 0 Å². The molecule has 1 aromatic heterocycles. The van der Waals surface area contributed by atoms with Crippen molar-refractivity contribution in [3.63, 3.8) is 0 Å². The lowest BCUT2D eigenvalue weighted by Crippen LogP contribution is -2.47. The zero-order valence-electron chi connectivity index (χ0n) is 16.1. The number of piperazine rings is 1. The fourth-order valence-electron chi connectivity index (χ4n) is 3.14. The van der Waals surface area contributed by atoms with Crippen LogP contribution in [0.15, 0.2) is 53.5 Å². The summed E-state index contributed by atoms with van der Waals surface area (Å²) < 4.78 is 1.51. The maximum atomic E-state index is 12.4. The van der Waals surface area contributed by atoms with Gasteiger partial charge < -0.3 is 19.7 Å². The second-order valence-electron chi connectivity index (χ2n) is 7.09. The summed E-state index contributed by atoms with van der Waals surface area (Å²) in [5.41, 5.74) is 1.49. The second kappa shape index (κ2) is 9.32. The first kappa shape index (κ1) is 19.8. The van der Waals surface area contributed by atoms with E-state index in [1.54, 1.807) is 30.5 Å². The molecule has 2 aromatic rings. The van der Waals surface area contributed by atoms with Crippen molar-refractivity contribution in [3.8, 4) is 0 Å². The zero-order chi connectivity index (χ0) is 19.9. The number of hydrogen-bond donors (Lipinski definition) is 1. The molecule has 2 heterocycles. The lowest BCUT2D eigenvalue weighted by Gasteiger charge is -2.32. The Morgan fingerprint density at radius 3 is 2.39 bits per heavy atom. The number of carbonyl (C=O) groups excluding carboxylic acids is 2. The van der Waals surface area contributed by atoms with E-state index in [0.29, 0.717) is 18.7 Å². The van der Waals surface area contributed by atoms with Crippen LogP contribution in [0, 0.1) is 0 Å². The van der Waals surface area contributed by atoms with Crippen LogP contribution in [-0.4, -0.2) is 59.4 Å². The maximum Gasteiger partial charge on any atom is 0.250 e. The van der Waals surface area contributed by atoms with Crippen molar-refractivity contribution in [2.24, 2.45) is 0 Å². The van der Waals surface area contributed by atoms with Crippen LogP contribution in [-0.2, 0) is 22.6 Å². The minimum Gasteiger partial charge on any atom is -0.340 e. The van der Waals surface area contributed by atoms with Gasteiger partial charge in [-0.25, -0.2) is 0 Å². The van der Waals surface area contributed by atoms with E-state index < -0.39 is 0 Å². The van der Waals surface area contributed by atoms with Crippen LogP contribution < -0.4 is 10.9 Å². The first-order valence-corrected chi connectivity index (χ1v) is 9.52. The first-order valence-electron chi connectivity index (χ1n) is 9.52. The van der Waals surface area contributed by atoms with Gasteiger partial charge >= 0.3 is 0 Å². The Hall–Kier alpha value is -2.93. The van der Waals surface area contributed by atoms with Gasteiger partial charge in [0.25, 0.3) is 5.56 Å². The smallest absolute Gasteiger partial charge is 0.250 e. The number of hydrogen-bond acceptors (Lipinski definition) is 4. The van der Waals surface area contributed by atoms with Gasteiger partial charge in [0.05, 0.1) is 6.42 Å². The van der Waals surface area contributed by atoms with Crippen molar-refractivity contribution in [1.29, 1.82) is 0 Å².